The van der Waals surface area contributed by atoms with Gasteiger partial charge in [0.05, 0.1) is 21.3 Å². The second kappa shape index (κ2) is 5.84. The largest absolute Gasteiger partial charge is 0.338 e. The van der Waals surface area contributed by atoms with Crippen molar-refractivity contribution in [3.05, 3.63) is 49.5 Å². The minimum Gasteiger partial charge on any atom is -0.338 e. The van der Waals surface area contributed by atoms with Crippen molar-refractivity contribution in [1.29, 1.82) is 5.26 Å². The topological polar surface area (TPSA) is 48.7 Å². The minimum atomic E-state index is 0.400. The molecule has 1 aliphatic rings. The molecule has 0 saturated carbocycles. The number of nitriles is 1. The Kier molecular flexibility index (Phi) is 4.08. The van der Waals surface area contributed by atoms with Gasteiger partial charge in [-0.1, -0.05) is 23.2 Å². The van der Waals surface area contributed by atoms with Gasteiger partial charge < -0.3 is 5.32 Å². The van der Waals surface area contributed by atoms with Crippen molar-refractivity contribution < 1.29 is 0 Å². The van der Waals surface area contributed by atoms with Crippen molar-refractivity contribution in [2.75, 3.05) is 5.32 Å². The van der Waals surface area contributed by atoms with Crippen LogP contribution in [0, 0.1) is 11.3 Å². The van der Waals surface area contributed by atoms with Crippen LogP contribution >= 0.6 is 39.1 Å². The highest BCUT2D eigenvalue weighted by Crippen LogP contribution is 2.37. The standard InChI is InChI=1S/C15H10BrCl2N3/c16-10-4-5-12(14(18)13(10)17)21-15-9(7-19)6-8-2-1-3-11(8)20-15/h4-6H,1-3H2,(H,20,21). The average Bonchev–Trinajstić information content (AvgIpc) is 2.94. The highest BCUT2D eigenvalue weighted by atomic mass is 79.9. The number of aromatic nitrogens is 1. The lowest BCUT2D eigenvalue weighted by Crippen LogP contribution is -2.01. The van der Waals surface area contributed by atoms with Crippen molar-refractivity contribution in [3.8, 4) is 6.07 Å². The molecule has 0 radical (unpaired) electrons. The lowest BCUT2D eigenvalue weighted by Gasteiger charge is -2.12. The van der Waals surface area contributed by atoms with Crippen molar-refractivity contribution in [3.63, 3.8) is 0 Å². The molecule has 21 heavy (non-hydrogen) atoms. The van der Waals surface area contributed by atoms with Gasteiger partial charge in [-0.15, -0.1) is 0 Å². The molecule has 1 N–H and O–H groups in total. The highest BCUT2D eigenvalue weighted by molar-refractivity contribution is 9.10. The number of aryl methyl sites for hydroxylation is 2. The first kappa shape index (κ1) is 14.6. The van der Waals surface area contributed by atoms with Crippen LogP contribution < -0.4 is 5.32 Å². The Morgan fingerprint density at radius 2 is 2.05 bits per heavy atom. The molecule has 2 aromatic rings. The van der Waals surface area contributed by atoms with Crippen LogP contribution in [0.3, 0.4) is 0 Å². The van der Waals surface area contributed by atoms with Gasteiger partial charge >= 0.3 is 0 Å². The molecule has 1 aromatic carbocycles. The predicted molar refractivity (Wildman–Crippen MR) is 88.4 cm³/mol. The summed E-state index contributed by atoms with van der Waals surface area (Å²) < 4.78 is 0.724. The Labute approximate surface area is 141 Å². The zero-order valence-corrected chi connectivity index (χ0v) is 14.0. The fraction of sp³-hybridized carbons (Fsp3) is 0.200. The summed E-state index contributed by atoms with van der Waals surface area (Å²) in [6, 6.07) is 7.69. The normalized spacial score (nSPS) is 12.9. The van der Waals surface area contributed by atoms with E-state index in [0.717, 1.165) is 35.0 Å². The van der Waals surface area contributed by atoms with Crippen LogP contribution in [0.25, 0.3) is 0 Å². The number of rotatable bonds is 2. The Hall–Kier alpha value is -1.28. The monoisotopic (exact) mass is 381 g/mol. The van der Waals surface area contributed by atoms with E-state index in [1.807, 2.05) is 6.07 Å². The third kappa shape index (κ3) is 2.74. The van der Waals surface area contributed by atoms with Crippen molar-refractivity contribution >= 4 is 50.6 Å². The van der Waals surface area contributed by atoms with Crippen molar-refractivity contribution in [1.82, 2.24) is 4.98 Å². The Bertz CT molecular complexity index is 768. The van der Waals surface area contributed by atoms with Gasteiger partial charge in [0.1, 0.15) is 11.9 Å². The van der Waals surface area contributed by atoms with Crippen LogP contribution in [-0.2, 0) is 12.8 Å². The molecule has 1 heterocycles. The maximum Gasteiger partial charge on any atom is 0.148 e. The number of benzene rings is 1. The molecule has 3 nitrogen and oxygen atoms in total. The maximum absolute atomic E-state index is 9.30. The van der Waals surface area contributed by atoms with Crippen LogP contribution in [0.4, 0.5) is 11.5 Å². The van der Waals surface area contributed by atoms with E-state index in [1.165, 1.54) is 0 Å². The zero-order chi connectivity index (χ0) is 15.0. The molecule has 3 rings (SSSR count). The second-order valence-electron chi connectivity index (χ2n) is 4.80. The van der Waals surface area contributed by atoms with E-state index in [9.17, 15) is 5.26 Å². The van der Waals surface area contributed by atoms with Gasteiger partial charge in [-0.2, -0.15) is 5.26 Å². The summed E-state index contributed by atoms with van der Waals surface area (Å²) >= 11 is 15.7. The average molecular weight is 383 g/mol. The van der Waals surface area contributed by atoms with E-state index in [1.54, 1.807) is 12.1 Å². The Morgan fingerprint density at radius 3 is 2.81 bits per heavy atom. The number of hydrogen-bond donors (Lipinski definition) is 1. The molecule has 0 amide bonds. The Morgan fingerprint density at radius 1 is 1.24 bits per heavy atom. The van der Waals surface area contributed by atoms with Crippen LogP contribution in [0.5, 0.6) is 0 Å². The molecule has 0 aliphatic heterocycles. The minimum absolute atomic E-state index is 0.400. The van der Waals surface area contributed by atoms with E-state index < -0.39 is 0 Å². The number of nitrogens with one attached hydrogen (secondary N) is 1. The lowest BCUT2D eigenvalue weighted by molar-refractivity contribution is 0.900. The molecule has 1 aromatic heterocycles. The fourth-order valence-corrected chi connectivity index (χ4v) is 3.22. The maximum atomic E-state index is 9.30. The molecule has 0 bridgehead atoms. The first-order valence-electron chi connectivity index (χ1n) is 6.43. The fourth-order valence-electron chi connectivity index (χ4n) is 2.40. The molecule has 1 aliphatic carbocycles. The summed E-state index contributed by atoms with van der Waals surface area (Å²) in [6.45, 7) is 0. The van der Waals surface area contributed by atoms with Crippen LogP contribution in [0.2, 0.25) is 10.0 Å². The zero-order valence-electron chi connectivity index (χ0n) is 10.9. The molecule has 0 unspecified atom stereocenters. The van der Waals surface area contributed by atoms with Gasteiger partial charge in [-0.25, -0.2) is 4.98 Å². The van der Waals surface area contributed by atoms with E-state index in [2.05, 4.69) is 32.3 Å². The van der Waals surface area contributed by atoms with Gasteiger partial charge in [-0.05, 0) is 59.0 Å². The van der Waals surface area contributed by atoms with Crippen molar-refractivity contribution in [2.24, 2.45) is 0 Å². The van der Waals surface area contributed by atoms with Gasteiger partial charge in [0, 0.05) is 10.2 Å². The van der Waals surface area contributed by atoms with Gasteiger partial charge in [0.2, 0.25) is 0 Å². The summed E-state index contributed by atoms with van der Waals surface area (Å²) in [5, 5.41) is 13.2. The number of halogens is 3. The molecular weight excluding hydrogens is 373 g/mol. The van der Waals surface area contributed by atoms with Crippen LogP contribution in [0.1, 0.15) is 23.2 Å². The molecule has 0 fully saturated rings. The summed E-state index contributed by atoms with van der Waals surface area (Å²) in [6.07, 6.45) is 3.02. The van der Waals surface area contributed by atoms with E-state index in [0.29, 0.717) is 27.1 Å². The second-order valence-corrected chi connectivity index (χ2v) is 6.41. The summed E-state index contributed by atoms with van der Waals surface area (Å²) in [5.41, 5.74) is 3.37. The lowest BCUT2D eigenvalue weighted by atomic mass is 10.1. The van der Waals surface area contributed by atoms with Gasteiger partial charge in [0.15, 0.2) is 0 Å². The highest BCUT2D eigenvalue weighted by Gasteiger charge is 2.17. The Balaban J connectivity index is 2.03. The molecule has 0 atom stereocenters. The van der Waals surface area contributed by atoms with Crippen molar-refractivity contribution in [2.45, 2.75) is 19.3 Å². The number of anilines is 2. The van der Waals surface area contributed by atoms with Gasteiger partial charge in [-0.3, -0.25) is 0 Å². The number of hydrogen-bond acceptors (Lipinski definition) is 3. The van der Waals surface area contributed by atoms with E-state index >= 15 is 0 Å². The summed E-state index contributed by atoms with van der Waals surface area (Å²) in [5.74, 6) is 0.526. The molecule has 6 heteroatoms. The summed E-state index contributed by atoms with van der Waals surface area (Å²) in [4.78, 5) is 4.57. The smallest absolute Gasteiger partial charge is 0.148 e. The van der Waals surface area contributed by atoms with E-state index in [4.69, 9.17) is 23.2 Å². The summed E-state index contributed by atoms with van der Waals surface area (Å²) in [7, 11) is 0. The van der Waals surface area contributed by atoms with Crippen LogP contribution in [0.15, 0.2) is 22.7 Å². The number of pyridine rings is 1. The molecular formula is C15H10BrCl2N3. The van der Waals surface area contributed by atoms with E-state index in [-0.39, 0.29) is 0 Å². The third-order valence-electron chi connectivity index (χ3n) is 3.46. The molecule has 0 spiro atoms. The van der Waals surface area contributed by atoms with Crippen LogP contribution in [-0.4, -0.2) is 4.98 Å². The quantitative estimate of drug-likeness (QED) is 0.721. The number of fused-ring (bicyclic) bond motifs is 1. The van der Waals surface area contributed by atoms with Gasteiger partial charge in [0.25, 0.3) is 0 Å². The SMILES string of the molecule is N#Cc1cc2c(nc1Nc1ccc(Br)c(Cl)c1Cl)CCC2. The number of nitrogens with zero attached hydrogens (tertiary/aromatic N) is 2. The third-order valence-corrected chi connectivity index (χ3v) is 5.23. The first-order valence-corrected chi connectivity index (χ1v) is 7.98. The molecule has 0 saturated heterocycles. The molecule has 106 valence electrons. The predicted octanol–water partition coefficient (Wildman–Crippen LogP) is 5.25. The first-order chi connectivity index (χ1) is 10.1.